The summed E-state index contributed by atoms with van der Waals surface area (Å²) in [5.41, 5.74) is 3.02. The molecule has 2 aromatic carbocycles. The molecule has 2 rings (SSSR count). The minimum Gasteiger partial charge on any atom is -0.316 e. The molecule has 2 heteroatoms. The fourth-order valence-corrected chi connectivity index (χ4v) is 3.23. The summed E-state index contributed by atoms with van der Waals surface area (Å²) in [6.07, 6.45) is 2.22. The van der Waals surface area contributed by atoms with E-state index in [0.29, 0.717) is 0 Å². The van der Waals surface area contributed by atoms with Gasteiger partial charge in [-0.2, -0.15) is 0 Å². The fourth-order valence-electron chi connectivity index (χ4n) is 2.87. The Morgan fingerprint density at radius 3 is 2.19 bits per heavy atom. The topological polar surface area (TPSA) is 12.0 Å². The standard InChI is InChI=1S/C19H24IN/c1-3-19(15-21-4-2,17-8-6-5-7-9-17)14-16-10-12-18(20)13-11-16/h5-13,21H,3-4,14-15H2,1-2H3. The van der Waals surface area contributed by atoms with E-state index in [9.17, 15) is 0 Å². The quantitative estimate of drug-likeness (QED) is 0.667. The maximum Gasteiger partial charge on any atom is 0.0130 e. The van der Waals surface area contributed by atoms with Gasteiger partial charge < -0.3 is 5.32 Å². The van der Waals surface area contributed by atoms with Crippen LogP contribution in [0.5, 0.6) is 0 Å². The van der Waals surface area contributed by atoms with Gasteiger partial charge in [0.1, 0.15) is 0 Å². The summed E-state index contributed by atoms with van der Waals surface area (Å²) < 4.78 is 1.30. The lowest BCUT2D eigenvalue weighted by molar-refractivity contribution is 0.382. The summed E-state index contributed by atoms with van der Waals surface area (Å²) in [6, 6.07) is 19.9. The van der Waals surface area contributed by atoms with E-state index in [1.165, 1.54) is 14.7 Å². The van der Waals surface area contributed by atoms with Crippen molar-refractivity contribution in [2.45, 2.75) is 32.1 Å². The third kappa shape index (κ3) is 4.30. The average Bonchev–Trinajstić information content (AvgIpc) is 2.54. The molecule has 2 aromatic rings. The number of benzene rings is 2. The Labute approximate surface area is 142 Å². The van der Waals surface area contributed by atoms with Crippen LogP contribution in [0, 0.1) is 3.57 Å². The Morgan fingerprint density at radius 1 is 0.952 bits per heavy atom. The SMILES string of the molecule is CCNCC(CC)(Cc1ccc(I)cc1)c1ccccc1. The van der Waals surface area contributed by atoms with E-state index < -0.39 is 0 Å². The Kier molecular flexibility index (Phi) is 6.24. The van der Waals surface area contributed by atoms with Crippen molar-refractivity contribution in [1.29, 1.82) is 0 Å². The van der Waals surface area contributed by atoms with E-state index in [1.807, 2.05) is 0 Å². The molecule has 0 saturated heterocycles. The Morgan fingerprint density at radius 2 is 1.62 bits per heavy atom. The van der Waals surface area contributed by atoms with E-state index in [2.05, 4.69) is 96.4 Å². The zero-order valence-electron chi connectivity index (χ0n) is 12.9. The first-order valence-corrected chi connectivity index (χ1v) is 8.79. The molecule has 0 spiro atoms. The summed E-state index contributed by atoms with van der Waals surface area (Å²) in [7, 11) is 0. The summed E-state index contributed by atoms with van der Waals surface area (Å²) in [6.45, 7) is 6.52. The fraction of sp³-hybridized carbons (Fsp3) is 0.368. The second-order valence-corrected chi connectivity index (χ2v) is 6.83. The van der Waals surface area contributed by atoms with Crippen LogP contribution in [0.3, 0.4) is 0 Å². The van der Waals surface area contributed by atoms with Gasteiger partial charge in [-0.15, -0.1) is 0 Å². The van der Waals surface area contributed by atoms with E-state index >= 15 is 0 Å². The number of hydrogen-bond acceptors (Lipinski definition) is 1. The molecule has 21 heavy (non-hydrogen) atoms. The maximum atomic E-state index is 3.57. The lowest BCUT2D eigenvalue weighted by atomic mass is 9.73. The van der Waals surface area contributed by atoms with Crippen LogP contribution >= 0.6 is 22.6 Å². The van der Waals surface area contributed by atoms with Gasteiger partial charge in [-0.25, -0.2) is 0 Å². The number of hydrogen-bond donors (Lipinski definition) is 1. The zero-order chi connectivity index (χ0) is 15.1. The number of nitrogens with one attached hydrogen (secondary N) is 1. The van der Waals surface area contributed by atoms with Crippen LogP contribution in [0.1, 0.15) is 31.4 Å². The molecule has 1 N–H and O–H groups in total. The summed E-state index contributed by atoms with van der Waals surface area (Å²) in [5.74, 6) is 0. The molecule has 0 bridgehead atoms. The van der Waals surface area contributed by atoms with Crippen LogP contribution in [0.25, 0.3) is 0 Å². The van der Waals surface area contributed by atoms with Gasteiger partial charge in [-0.05, 0) is 65.2 Å². The first-order chi connectivity index (χ1) is 10.2. The van der Waals surface area contributed by atoms with Gasteiger partial charge in [0.15, 0.2) is 0 Å². The van der Waals surface area contributed by atoms with Crippen molar-refractivity contribution in [3.8, 4) is 0 Å². The lowest BCUT2D eigenvalue weighted by Gasteiger charge is -2.34. The van der Waals surface area contributed by atoms with E-state index in [1.54, 1.807) is 0 Å². The predicted molar refractivity (Wildman–Crippen MR) is 99.8 cm³/mol. The van der Waals surface area contributed by atoms with Crippen molar-refractivity contribution in [2.75, 3.05) is 13.1 Å². The molecule has 0 amide bonds. The molecule has 0 saturated carbocycles. The monoisotopic (exact) mass is 393 g/mol. The molecule has 1 atom stereocenters. The lowest BCUT2D eigenvalue weighted by Crippen LogP contribution is -2.39. The highest BCUT2D eigenvalue weighted by Crippen LogP contribution is 2.31. The molecular weight excluding hydrogens is 369 g/mol. The highest BCUT2D eigenvalue weighted by atomic mass is 127. The van der Waals surface area contributed by atoms with Gasteiger partial charge >= 0.3 is 0 Å². The van der Waals surface area contributed by atoms with Gasteiger partial charge in [-0.3, -0.25) is 0 Å². The molecule has 0 aliphatic carbocycles. The first-order valence-electron chi connectivity index (χ1n) is 7.71. The minimum atomic E-state index is 0.171. The molecule has 0 aromatic heterocycles. The van der Waals surface area contributed by atoms with E-state index in [4.69, 9.17) is 0 Å². The molecule has 0 radical (unpaired) electrons. The Hall–Kier alpha value is -0.870. The zero-order valence-corrected chi connectivity index (χ0v) is 15.1. The van der Waals surface area contributed by atoms with Crippen molar-refractivity contribution in [2.24, 2.45) is 0 Å². The minimum absolute atomic E-state index is 0.171. The third-order valence-corrected chi connectivity index (χ3v) is 4.95. The van der Waals surface area contributed by atoms with Gasteiger partial charge in [-0.1, -0.05) is 56.3 Å². The van der Waals surface area contributed by atoms with Crippen LogP contribution in [0.15, 0.2) is 54.6 Å². The van der Waals surface area contributed by atoms with Crippen molar-refractivity contribution in [3.05, 3.63) is 69.3 Å². The van der Waals surface area contributed by atoms with Gasteiger partial charge in [0, 0.05) is 15.5 Å². The molecule has 1 unspecified atom stereocenters. The van der Waals surface area contributed by atoms with Crippen molar-refractivity contribution >= 4 is 22.6 Å². The van der Waals surface area contributed by atoms with Crippen LogP contribution in [-0.4, -0.2) is 13.1 Å². The van der Waals surface area contributed by atoms with Crippen molar-refractivity contribution in [3.63, 3.8) is 0 Å². The average molecular weight is 393 g/mol. The second-order valence-electron chi connectivity index (χ2n) is 5.58. The summed E-state index contributed by atoms with van der Waals surface area (Å²) in [5, 5.41) is 3.57. The van der Waals surface area contributed by atoms with E-state index in [-0.39, 0.29) is 5.41 Å². The summed E-state index contributed by atoms with van der Waals surface area (Å²) in [4.78, 5) is 0. The van der Waals surface area contributed by atoms with Crippen molar-refractivity contribution < 1.29 is 0 Å². The van der Waals surface area contributed by atoms with Crippen LogP contribution < -0.4 is 5.32 Å². The van der Waals surface area contributed by atoms with Crippen LogP contribution in [0.4, 0.5) is 0 Å². The first kappa shape index (κ1) is 16.5. The van der Waals surface area contributed by atoms with Crippen LogP contribution in [-0.2, 0) is 11.8 Å². The molecular formula is C19H24IN. The van der Waals surface area contributed by atoms with Gasteiger partial charge in [0.2, 0.25) is 0 Å². The maximum absolute atomic E-state index is 3.57. The molecule has 0 fully saturated rings. The Balaban J connectivity index is 2.32. The smallest absolute Gasteiger partial charge is 0.0130 e. The third-order valence-electron chi connectivity index (χ3n) is 4.23. The molecule has 112 valence electrons. The second kappa shape index (κ2) is 7.95. The molecule has 0 aliphatic rings. The highest BCUT2D eigenvalue weighted by molar-refractivity contribution is 14.1. The van der Waals surface area contributed by atoms with Gasteiger partial charge in [0.05, 0.1) is 0 Å². The molecule has 0 aliphatic heterocycles. The largest absolute Gasteiger partial charge is 0.316 e. The molecule has 1 nitrogen and oxygen atoms in total. The number of likely N-dealkylation sites (N-methyl/N-ethyl adjacent to an activating group) is 1. The number of rotatable bonds is 7. The van der Waals surface area contributed by atoms with Crippen LogP contribution in [0.2, 0.25) is 0 Å². The van der Waals surface area contributed by atoms with Gasteiger partial charge in [0.25, 0.3) is 0 Å². The Bertz CT molecular complexity index is 535. The number of halogens is 1. The molecule has 0 heterocycles. The summed E-state index contributed by atoms with van der Waals surface area (Å²) >= 11 is 2.36. The normalized spacial score (nSPS) is 13.9. The van der Waals surface area contributed by atoms with E-state index in [0.717, 1.165) is 25.9 Å². The van der Waals surface area contributed by atoms with Crippen molar-refractivity contribution in [1.82, 2.24) is 5.32 Å². The predicted octanol–water partition coefficient (Wildman–Crippen LogP) is 4.79. The highest BCUT2D eigenvalue weighted by Gasteiger charge is 2.30.